The SMILES string of the molecule is CCOP(=O)(Cc1coc(C(C)C)n1)OCC. The van der Waals surface area contributed by atoms with Crippen LogP contribution in [-0.4, -0.2) is 18.2 Å². The molecule has 5 nitrogen and oxygen atoms in total. The summed E-state index contributed by atoms with van der Waals surface area (Å²) in [6.07, 6.45) is 1.67. The lowest BCUT2D eigenvalue weighted by atomic mass is 10.2. The summed E-state index contributed by atoms with van der Waals surface area (Å²) >= 11 is 0. The summed E-state index contributed by atoms with van der Waals surface area (Å²) in [5, 5.41) is 0. The molecule has 0 saturated carbocycles. The van der Waals surface area contributed by atoms with Gasteiger partial charge in [-0.05, 0) is 13.8 Å². The number of nitrogens with zero attached hydrogens (tertiary/aromatic N) is 1. The molecule has 0 aliphatic carbocycles. The third-order valence-electron chi connectivity index (χ3n) is 2.07. The molecule has 1 aromatic rings. The molecule has 6 heteroatoms. The van der Waals surface area contributed by atoms with Crippen LogP contribution in [-0.2, 0) is 19.8 Å². The Bertz CT molecular complexity index is 379. The molecule has 1 rings (SSSR count). The van der Waals surface area contributed by atoms with E-state index in [1.54, 1.807) is 13.8 Å². The summed E-state index contributed by atoms with van der Waals surface area (Å²) in [5.74, 6) is 0.849. The molecule has 0 N–H and O–H groups in total. The van der Waals surface area contributed by atoms with Gasteiger partial charge in [-0.2, -0.15) is 0 Å². The van der Waals surface area contributed by atoms with Crippen LogP contribution >= 0.6 is 7.60 Å². The highest BCUT2D eigenvalue weighted by atomic mass is 31.2. The molecule has 98 valence electrons. The van der Waals surface area contributed by atoms with E-state index in [9.17, 15) is 4.57 Å². The lowest BCUT2D eigenvalue weighted by molar-refractivity contribution is 0.219. The van der Waals surface area contributed by atoms with Crippen LogP contribution in [0, 0.1) is 0 Å². The van der Waals surface area contributed by atoms with E-state index in [0.29, 0.717) is 24.8 Å². The van der Waals surface area contributed by atoms with E-state index in [1.165, 1.54) is 6.26 Å². The highest BCUT2D eigenvalue weighted by Crippen LogP contribution is 2.51. The molecule has 0 aliphatic heterocycles. The van der Waals surface area contributed by atoms with Crippen LogP contribution in [0.25, 0.3) is 0 Å². The van der Waals surface area contributed by atoms with Crippen LogP contribution in [0.1, 0.15) is 45.2 Å². The van der Waals surface area contributed by atoms with Crippen LogP contribution in [0.15, 0.2) is 10.7 Å². The van der Waals surface area contributed by atoms with Gasteiger partial charge in [-0.1, -0.05) is 13.8 Å². The van der Waals surface area contributed by atoms with Crippen LogP contribution in [0.3, 0.4) is 0 Å². The monoisotopic (exact) mass is 261 g/mol. The summed E-state index contributed by atoms with van der Waals surface area (Å²) in [6.45, 7) is 8.25. The van der Waals surface area contributed by atoms with Crippen molar-refractivity contribution in [2.75, 3.05) is 13.2 Å². The molecule has 0 bridgehead atoms. The highest BCUT2D eigenvalue weighted by molar-refractivity contribution is 7.53. The van der Waals surface area contributed by atoms with Gasteiger partial charge in [0.15, 0.2) is 5.89 Å². The van der Waals surface area contributed by atoms with Gasteiger partial charge >= 0.3 is 7.60 Å². The van der Waals surface area contributed by atoms with E-state index in [-0.39, 0.29) is 12.1 Å². The maximum Gasteiger partial charge on any atom is 0.336 e. The molecular formula is C11H20NO4P. The first-order valence-electron chi connectivity index (χ1n) is 5.83. The molecule has 0 radical (unpaired) electrons. The number of oxazole rings is 1. The van der Waals surface area contributed by atoms with E-state index >= 15 is 0 Å². The first kappa shape index (κ1) is 14.4. The van der Waals surface area contributed by atoms with Crippen molar-refractivity contribution in [1.82, 2.24) is 4.98 Å². The fourth-order valence-electron chi connectivity index (χ4n) is 1.38. The Morgan fingerprint density at radius 1 is 1.35 bits per heavy atom. The summed E-state index contributed by atoms with van der Waals surface area (Å²) in [7, 11) is -3.08. The predicted octanol–water partition coefficient (Wildman–Crippen LogP) is 3.56. The van der Waals surface area contributed by atoms with Crippen LogP contribution in [0.2, 0.25) is 0 Å². The molecule has 0 aliphatic rings. The van der Waals surface area contributed by atoms with Crippen LogP contribution < -0.4 is 0 Å². The van der Waals surface area contributed by atoms with Crippen LogP contribution in [0.4, 0.5) is 0 Å². The van der Waals surface area contributed by atoms with E-state index in [1.807, 2.05) is 13.8 Å². The molecular weight excluding hydrogens is 241 g/mol. The third kappa shape index (κ3) is 4.26. The second kappa shape index (κ2) is 6.34. The minimum atomic E-state index is -3.08. The quantitative estimate of drug-likeness (QED) is 0.702. The van der Waals surface area contributed by atoms with Crippen molar-refractivity contribution >= 4 is 7.60 Å². The van der Waals surface area contributed by atoms with Crippen molar-refractivity contribution in [2.24, 2.45) is 0 Å². The van der Waals surface area contributed by atoms with Crippen molar-refractivity contribution in [2.45, 2.75) is 39.8 Å². The Morgan fingerprint density at radius 3 is 2.35 bits per heavy atom. The second-order valence-electron chi connectivity index (χ2n) is 3.94. The Balaban J connectivity index is 2.75. The summed E-state index contributed by atoms with van der Waals surface area (Å²) < 4.78 is 27.9. The van der Waals surface area contributed by atoms with Gasteiger partial charge in [0.1, 0.15) is 6.26 Å². The molecule has 17 heavy (non-hydrogen) atoms. The van der Waals surface area contributed by atoms with Crippen molar-refractivity contribution in [3.05, 3.63) is 17.8 Å². The first-order chi connectivity index (χ1) is 8.00. The Morgan fingerprint density at radius 2 is 1.94 bits per heavy atom. The van der Waals surface area contributed by atoms with E-state index in [4.69, 9.17) is 13.5 Å². The Kier molecular flexibility index (Phi) is 5.37. The molecule has 0 atom stereocenters. The van der Waals surface area contributed by atoms with Crippen molar-refractivity contribution in [3.8, 4) is 0 Å². The standard InChI is InChI=1S/C11H20NO4P/c1-5-15-17(13,16-6-2)8-10-7-14-11(12-10)9(3)4/h7,9H,5-6,8H2,1-4H3. The van der Waals surface area contributed by atoms with Crippen molar-refractivity contribution < 1.29 is 18.0 Å². The largest absolute Gasteiger partial charge is 0.448 e. The summed E-state index contributed by atoms with van der Waals surface area (Å²) in [6, 6.07) is 0. The molecule has 0 aromatic carbocycles. The minimum absolute atomic E-state index is 0.158. The maximum atomic E-state index is 12.2. The van der Waals surface area contributed by atoms with Gasteiger partial charge in [-0.15, -0.1) is 0 Å². The molecule has 0 spiro atoms. The fourth-order valence-corrected chi connectivity index (χ4v) is 2.97. The first-order valence-corrected chi connectivity index (χ1v) is 7.56. The lowest BCUT2D eigenvalue weighted by Crippen LogP contribution is -1.99. The zero-order chi connectivity index (χ0) is 12.9. The number of rotatable bonds is 7. The van der Waals surface area contributed by atoms with Crippen molar-refractivity contribution in [3.63, 3.8) is 0 Å². The van der Waals surface area contributed by atoms with Crippen molar-refractivity contribution in [1.29, 1.82) is 0 Å². The zero-order valence-electron chi connectivity index (χ0n) is 10.8. The Hall–Kier alpha value is -0.640. The summed E-state index contributed by atoms with van der Waals surface area (Å²) in [4.78, 5) is 4.26. The second-order valence-corrected chi connectivity index (χ2v) is 5.99. The fraction of sp³-hybridized carbons (Fsp3) is 0.727. The molecule has 0 amide bonds. The van der Waals surface area contributed by atoms with E-state index < -0.39 is 7.60 Å². The molecule has 1 heterocycles. The lowest BCUT2D eigenvalue weighted by Gasteiger charge is -2.15. The zero-order valence-corrected chi connectivity index (χ0v) is 11.7. The van der Waals surface area contributed by atoms with Gasteiger partial charge < -0.3 is 13.5 Å². The maximum absolute atomic E-state index is 12.2. The highest BCUT2D eigenvalue weighted by Gasteiger charge is 2.26. The molecule has 0 unspecified atom stereocenters. The third-order valence-corrected chi connectivity index (χ3v) is 4.09. The van der Waals surface area contributed by atoms with Gasteiger partial charge in [0.2, 0.25) is 0 Å². The van der Waals surface area contributed by atoms with Gasteiger partial charge in [0.05, 0.1) is 25.1 Å². The van der Waals surface area contributed by atoms with Gasteiger partial charge in [0, 0.05) is 5.92 Å². The van der Waals surface area contributed by atoms with Gasteiger partial charge in [0.25, 0.3) is 0 Å². The average molecular weight is 261 g/mol. The van der Waals surface area contributed by atoms with Gasteiger partial charge in [-0.3, -0.25) is 4.57 Å². The number of hydrogen-bond donors (Lipinski definition) is 0. The smallest absolute Gasteiger partial charge is 0.336 e. The van der Waals surface area contributed by atoms with E-state index in [0.717, 1.165) is 0 Å². The molecule has 0 fully saturated rings. The number of aromatic nitrogens is 1. The summed E-state index contributed by atoms with van der Waals surface area (Å²) in [5.41, 5.74) is 0.610. The predicted molar refractivity (Wildman–Crippen MR) is 65.2 cm³/mol. The normalized spacial score (nSPS) is 12.3. The van der Waals surface area contributed by atoms with Crippen LogP contribution in [0.5, 0.6) is 0 Å². The Labute approximate surface area is 102 Å². The minimum Gasteiger partial charge on any atom is -0.448 e. The number of hydrogen-bond acceptors (Lipinski definition) is 5. The molecule has 1 aromatic heterocycles. The van der Waals surface area contributed by atoms with Gasteiger partial charge in [-0.25, -0.2) is 4.98 Å². The topological polar surface area (TPSA) is 61.6 Å². The molecule has 0 saturated heterocycles. The van der Waals surface area contributed by atoms with E-state index in [2.05, 4.69) is 4.98 Å². The average Bonchev–Trinajstić information content (AvgIpc) is 2.66.